The summed E-state index contributed by atoms with van der Waals surface area (Å²) < 4.78 is 0. The number of benzene rings is 1. The SMILES string of the molecule is CCC1C(c2ccc(C)cc2)CCN1C(=O)CNC.Cl. The molecule has 1 aromatic carbocycles. The van der Waals surface area contributed by atoms with Gasteiger partial charge in [0.2, 0.25) is 5.91 Å². The molecule has 1 saturated heterocycles. The van der Waals surface area contributed by atoms with Crippen LogP contribution in [0.3, 0.4) is 0 Å². The molecule has 112 valence electrons. The van der Waals surface area contributed by atoms with Gasteiger partial charge in [0.1, 0.15) is 0 Å². The Kier molecular flexibility index (Phi) is 6.50. The lowest BCUT2D eigenvalue weighted by molar-refractivity contribution is -0.131. The van der Waals surface area contributed by atoms with Crippen LogP contribution in [0.2, 0.25) is 0 Å². The fourth-order valence-electron chi connectivity index (χ4n) is 3.12. The average molecular weight is 297 g/mol. The van der Waals surface area contributed by atoms with E-state index < -0.39 is 0 Å². The maximum Gasteiger partial charge on any atom is 0.236 e. The van der Waals surface area contributed by atoms with Crippen LogP contribution in [0.1, 0.15) is 36.8 Å². The van der Waals surface area contributed by atoms with Crippen LogP contribution in [0.5, 0.6) is 0 Å². The van der Waals surface area contributed by atoms with Gasteiger partial charge >= 0.3 is 0 Å². The standard InChI is InChI=1S/C16H24N2O.ClH/c1-4-15-14(13-7-5-12(2)6-8-13)9-10-18(15)16(19)11-17-3;/h5-8,14-15,17H,4,9-11H2,1-3H3;1H. The molecule has 3 nitrogen and oxygen atoms in total. The van der Waals surface area contributed by atoms with Crippen LogP contribution >= 0.6 is 12.4 Å². The first-order chi connectivity index (χ1) is 9.17. The van der Waals surface area contributed by atoms with Gasteiger partial charge < -0.3 is 10.2 Å². The minimum Gasteiger partial charge on any atom is -0.338 e. The molecule has 1 aromatic rings. The second kappa shape index (κ2) is 7.65. The van der Waals surface area contributed by atoms with Crippen molar-refractivity contribution < 1.29 is 4.79 Å². The summed E-state index contributed by atoms with van der Waals surface area (Å²) in [5.74, 6) is 0.718. The number of hydrogen-bond acceptors (Lipinski definition) is 2. The number of likely N-dealkylation sites (N-methyl/N-ethyl adjacent to an activating group) is 1. The molecule has 0 radical (unpaired) electrons. The van der Waals surface area contributed by atoms with Gasteiger partial charge in [-0.3, -0.25) is 4.79 Å². The third-order valence-electron chi connectivity index (χ3n) is 4.12. The molecule has 20 heavy (non-hydrogen) atoms. The lowest BCUT2D eigenvalue weighted by Gasteiger charge is -2.27. The molecule has 4 heteroatoms. The molecule has 1 aliphatic heterocycles. The van der Waals surface area contributed by atoms with E-state index in [9.17, 15) is 4.79 Å². The largest absolute Gasteiger partial charge is 0.338 e. The first kappa shape index (κ1) is 17.0. The number of hydrogen-bond donors (Lipinski definition) is 1. The highest BCUT2D eigenvalue weighted by molar-refractivity contribution is 5.85. The van der Waals surface area contributed by atoms with E-state index in [-0.39, 0.29) is 18.3 Å². The van der Waals surface area contributed by atoms with E-state index >= 15 is 0 Å². The number of halogens is 1. The molecule has 2 rings (SSSR count). The minimum atomic E-state index is 0. The van der Waals surface area contributed by atoms with Gasteiger partial charge in [0.25, 0.3) is 0 Å². The average Bonchev–Trinajstić information content (AvgIpc) is 2.83. The molecule has 0 aliphatic carbocycles. The van der Waals surface area contributed by atoms with E-state index in [4.69, 9.17) is 0 Å². The van der Waals surface area contributed by atoms with Crippen LogP contribution < -0.4 is 5.32 Å². The van der Waals surface area contributed by atoms with Crippen LogP contribution in [-0.2, 0) is 4.79 Å². The summed E-state index contributed by atoms with van der Waals surface area (Å²) in [6, 6.07) is 9.12. The molecule has 1 heterocycles. The van der Waals surface area contributed by atoms with Gasteiger partial charge in [-0.15, -0.1) is 12.4 Å². The van der Waals surface area contributed by atoms with Gasteiger partial charge in [-0.25, -0.2) is 0 Å². The van der Waals surface area contributed by atoms with E-state index in [2.05, 4.69) is 48.3 Å². The molecule has 1 N–H and O–H groups in total. The molecule has 1 fully saturated rings. The fraction of sp³-hybridized carbons (Fsp3) is 0.562. The highest BCUT2D eigenvalue weighted by atomic mass is 35.5. The second-order valence-electron chi connectivity index (χ2n) is 5.40. The van der Waals surface area contributed by atoms with Crippen LogP contribution in [-0.4, -0.2) is 37.0 Å². The maximum absolute atomic E-state index is 12.1. The van der Waals surface area contributed by atoms with Gasteiger partial charge in [0, 0.05) is 18.5 Å². The Morgan fingerprint density at radius 2 is 2.00 bits per heavy atom. The van der Waals surface area contributed by atoms with Crippen molar-refractivity contribution in [2.75, 3.05) is 20.1 Å². The smallest absolute Gasteiger partial charge is 0.236 e. The molecule has 2 unspecified atom stereocenters. The van der Waals surface area contributed by atoms with Crippen LogP contribution in [0.25, 0.3) is 0 Å². The third kappa shape index (κ3) is 3.53. The van der Waals surface area contributed by atoms with Crippen LogP contribution in [0.4, 0.5) is 0 Å². The summed E-state index contributed by atoms with van der Waals surface area (Å²) in [7, 11) is 1.83. The zero-order valence-electron chi connectivity index (χ0n) is 12.6. The summed E-state index contributed by atoms with van der Waals surface area (Å²) in [5.41, 5.74) is 2.66. The lowest BCUT2D eigenvalue weighted by Crippen LogP contribution is -2.41. The summed E-state index contributed by atoms with van der Waals surface area (Å²) >= 11 is 0. The third-order valence-corrected chi connectivity index (χ3v) is 4.12. The zero-order chi connectivity index (χ0) is 13.8. The summed E-state index contributed by atoms with van der Waals surface area (Å²) in [6.07, 6.45) is 2.10. The minimum absolute atomic E-state index is 0. The fourth-order valence-corrected chi connectivity index (χ4v) is 3.12. The molecular formula is C16H25ClN2O. The van der Waals surface area contributed by atoms with Gasteiger partial charge in [0.15, 0.2) is 0 Å². The Hall–Kier alpha value is -1.06. The van der Waals surface area contributed by atoms with E-state index in [1.807, 2.05) is 7.05 Å². The molecular weight excluding hydrogens is 272 g/mol. The first-order valence-corrected chi connectivity index (χ1v) is 7.18. The van der Waals surface area contributed by atoms with Gasteiger partial charge in [-0.1, -0.05) is 36.8 Å². The maximum atomic E-state index is 12.1. The van der Waals surface area contributed by atoms with E-state index in [0.717, 1.165) is 19.4 Å². The highest BCUT2D eigenvalue weighted by Gasteiger charge is 2.35. The number of rotatable bonds is 4. The zero-order valence-corrected chi connectivity index (χ0v) is 13.4. The summed E-state index contributed by atoms with van der Waals surface area (Å²) in [6.45, 7) is 5.62. The van der Waals surface area contributed by atoms with E-state index in [0.29, 0.717) is 18.5 Å². The van der Waals surface area contributed by atoms with Crippen molar-refractivity contribution in [3.05, 3.63) is 35.4 Å². The molecule has 0 aromatic heterocycles. The monoisotopic (exact) mass is 296 g/mol. The number of carbonyl (C=O) groups excluding carboxylic acids is 1. The van der Waals surface area contributed by atoms with Crippen molar-refractivity contribution >= 4 is 18.3 Å². The van der Waals surface area contributed by atoms with Gasteiger partial charge in [-0.05, 0) is 32.4 Å². The number of likely N-dealkylation sites (tertiary alicyclic amines) is 1. The van der Waals surface area contributed by atoms with Crippen molar-refractivity contribution in [2.45, 2.75) is 38.6 Å². The molecule has 1 aliphatic rings. The van der Waals surface area contributed by atoms with Crippen molar-refractivity contribution in [3.63, 3.8) is 0 Å². The summed E-state index contributed by atoms with van der Waals surface area (Å²) in [4.78, 5) is 14.2. The molecule has 0 bridgehead atoms. The first-order valence-electron chi connectivity index (χ1n) is 7.18. The Balaban J connectivity index is 0.00000200. The molecule has 1 amide bonds. The van der Waals surface area contributed by atoms with Crippen molar-refractivity contribution in [1.82, 2.24) is 10.2 Å². The predicted molar refractivity (Wildman–Crippen MR) is 85.5 cm³/mol. The predicted octanol–water partition coefficient (Wildman–Crippen LogP) is 2.73. The number of nitrogens with zero attached hydrogens (tertiary/aromatic N) is 1. The topological polar surface area (TPSA) is 32.3 Å². The van der Waals surface area contributed by atoms with Crippen molar-refractivity contribution in [3.8, 4) is 0 Å². The van der Waals surface area contributed by atoms with Gasteiger partial charge in [-0.2, -0.15) is 0 Å². The van der Waals surface area contributed by atoms with E-state index in [1.54, 1.807) is 0 Å². The molecule has 0 spiro atoms. The number of amides is 1. The quantitative estimate of drug-likeness (QED) is 0.926. The summed E-state index contributed by atoms with van der Waals surface area (Å²) in [5, 5.41) is 2.96. The normalized spacial score (nSPS) is 21.6. The van der Waals surface area contributed by atoms with Gasteiger partial charge in [0.05, 0.1) is 6.54 Å². The van der Waals surface area contributed by atoms with Crippen LogP contribution in [0.15, 0.2) is 24.3 Å². The Labute approximate surface area is 128 Å². The van der Waals surface area contributed by atoms with Crippen molar-refractivity contribution in [1.29, 1.82) is 0 Å². The number of carbonyl (C=O) groups is 1. The lowest BCUT2D eigenvalue weighted by atomic mass is 9.90. The van der Waals surface area contributed by atoms with Crippen LogP contribution in [0, 0.1) is 6.92 Å². The Morgan fingerprint density at radius 3 is 2.55 bits per heavy atom. The second-order valence-corrected chi connectivity index (χ2v) is 5.40. The Bertz CT molecular complexity index is 433. The van der Waals surface area contributed by atoms with Crippen molar-refractivity contribution in [2.24, 2.45) is 0 Å². The van der Waals surface area contributed by atoms with E-state index in [1.165, 1.54) is 11.1 Å². The molecule has 2 atom stereocenters. The number of nitrogens with one attached hydrogen (secondary N) is 1. The molecule has 0 saturated carbocycles. The number of aryl methyl sites for hydroxylation is 1. The Morgan fingerprint density at radius 1 is 1.35 bits per heavy atom. The highest BCUT2D eigenvalue weighted by Crippen LogP contribution is 2.35.